The summed E-state index contributed by atoms with van der Waals surface area (Å²) >= 11 is 6.15. The van der Waals surface area contributed by atoms with Gasteiger partial charge in [-0.25, -0.2) is 0 Å². The maximum atomic E-state index is 11.8. The number of hydrogen-bond acceptors (Lipinski definition) is 4. The summed E-state index contributed by atoms with van der Waals surface area (Å²) in [5.41, 5.74) is 0.186. The van der Waals surface area contributed by atoms with Crippen LogP contribution in [0.1, 0.15) is 10.6 Å². The SMILES string of the molecule is O=C(Nc1ccc(Br)c([N+](=O)[O-])c1)c1ccc(Br)o1. The molecule has 1 amide bonds. The number of rotatable bonds is 3. The summed E-state index contributed by atoms with van der Waals surface area (Å²) in [7, 11) is 0. The number of carbonyl (C=O) groups is 1. The van der Waals surface area contributed by atoms with E-state index in [1.165, 1.54) is 18.2 Å². The Bertz CT molecular complexity index is 654. The molecule has 1 aromatic carbocycles. The highest BCUT2D eigenvalue weighted by Crippen LogP contribution is 2.28. The van der Waals surface area contributed by atoms with Gasteiger partial charge in [0.05, 0.1) is 9.40 Å². The molecule has 0 fully saturated rings. The number of benzene rings is 1. The van der Waals surface area contributed by atoms with Crippen molar-refractivity contribution in [1.29, 1.82) is 0 Å². The van der Waals surface area contributed by atoms with E-state index >= 15 is 0 Å². The summed E-state index contributed by atoms with van der Waals surface area (Å²) in [5.74, 6) is -0.375. The lowest BCUT2D eigenvalue weighted by Crippen LogP contribution is -2.11. The van der Waals surface area contributed by atoms with Crippen LogP contribution in [0.5, 0.6) is 0 Å². The van der Waals surface area contributed by atoms with Gasteiger partial charge in [-0.15, -0.1) is 0 Å². The molecule has 1 aromatic heterocycles. The molecule has 0 bridgehead atoms. The quantitative estimate of drug-likeness (QED) is 0.635. The van der Waals surface area contributed by atoms with E-state index in [4.69, 9.17) is 4.42 Å². The summed E-state index contributed by atoms with van der Waals surface area (Å²) in [6, 6.07) is 7.38. The van der Waals surface area contributed by atoms with Crippen LogP contribution in [0.2, 0.25) is 0 Å². The Morgan fingerprint density at radius 2 is 2.00 bits per heavy atom. The fourth-order valence-electron chi connectivity index (χ4n) is 1.36. The molecular formula is C11H6Br2N2O4. The fraction of sp³-hybridized carbons (Fsp3) is 0. The number of anilines is 1. The van der Waals surface area contributed by atoms with Crippen LogP contribution in [-0.2, 0) is 0 Å². The Hall–Kier alpha value is -1.67. The molecule has 0 radical (unpaired) electrons. The number of hydrogen-bond donors (Lipinski definition) is 1. The van der Waals surface area contributed by atoms with Crippen molar-refractivity contribution in [2.24, 2.45) is 0 Å². The number of amides is 1. The van der Waals surface area contributed by atoms with Crippen LogP contribution < -0.4 is 5.32 Å². The van der Waals surface area contributed by atoms with E-state index in [2.05, 4.69) is 37.2 Å². The lowest BCUT2D eigenvalue weighted by molar-refractivity contribution is -0.385. The lowest BCUT2D eigenvalue weighted by atomic mass is 10.2. The van der Waals surface area contributed by atoms with Gasteiger partial charge in [0.15, 0.2) is 10.4 Å². The van der Waals surface area contributed by atoms with Crippen molar-refractivity contribution in [1.82, 2.24) is 0 Å². The molecule has 0 aliphatic heterocycles. The summed E-state index contributed by atoms with van der Waals surface area (Å²) in [4.78, 5) is 22.0. The summed E-state index contributed by atoms with van der Waals surface area (Å²) in [6.45, 7) is 0. The van der Waals surface area contributed by atoms with Gasteiger partial charge in [-0.05, 0) is 56.1 Å². The third-order valence-corrected chi connectivity index (χ3v) is 3.29. The Kier molecular flexibility index (Phi) is 4.01. The average molecular weight is 390 g/mol. The molecule has 0 saturated heterocycles. The van der Waals surface area contributed by atoms with Crippen molar-refractivity contribution < 1.29 is 14.1 Å². The predicted molar refractivity (Wildman–Crippen MR) is 75.2 cm³/mol. The molecule has 98 valence electrons. The molecule has 0 saturated carbocycles. The van der Waals surface area contributed by atoms with E-state index in [1.54, 1.807) is 12.1 Å². The largest absolute Gasteiger partial charge is 0.444 e. The Morgan fingerprint density at radius 1 is 1.26 bits per heavy atom. The summed E-state index contributed by atoms with van der Waals surface area (Å²) < 4.78 is 5.85. The molecule has 2 aromatic rings. The monoisotopic (exact) mass is 388 g/mol. The molecule has 0 aliphatic carbocycles. The molecule has 8 heteroatoms. The minimum Gasteiger partial charge on any atom is -0.444 e. The fourth-order valence-corrected chi connectivity index (χ4v) is 2.06. The predicted octanol–water partition coefficient (Wildman–Crippen LogP) is 3.97. The van der Waals surface area contributed by atoms with Gasteiger partial charge >= 0.3 is 0 Å². The number of nitrogens with zero attached hydrogens (tertiary/aromatic N) is 1. The second-order valence-electron chi connectivity index (χ2n) is 3.48. The van der Waals surface area contributed by atoms with Gasteiger partial charge in [-0.2, -0.15) is 0 Å². The van der Waals surface area contributed by atoms with Crippen LogP contribution >= 0.6 is 31.9 Å². The van der Waals surface area contributed by atoms with Crippen LogP contribution in [0.3, 0.4) is 0 Å². The van der Waals surface area contributed by atoms with Gasteiger partial charge in [0.2, 0.25) is 0 Å². The molecule has 1 heterocycles. The first-order valence-corrected chi connectivity index (χ1v) is 6.56. The van der Waals surface area contributed by atoms with E-state index in [1.807, 2.05) is 0 Å². The van der Waals surface area contributed by atoms with E-state index in [0.717, 1.165) is 0 Å². The lowest BCUT2D eigenvalue weighted by Gasteiger charge is -2.03. The topological polar surface area (TPSA) is 85.4 Å². The van der Waals surface area contributed by atoms with Gasteiger partial charge in [-0.1, -0.05) is 0 Å². The van der Waals surface area contributed by atoms with Crippen molar-refractivity contribution in [3.8, 4) is 0 Å². The van der Waals surface area contributed by atoms with Crippen molar-refractivity contribution in [2.45, 2.75) is 0 Å². The second-order valence-corrected chi connectivity index (χ2v) is 5.12. The first kappa shape index (κ1) is 13.8. The molecule has 0 aliphatic rings. The highest BCUT2D eigenvalue weighted by molar-refractivity contribution is 9.10. The number of carbonyl (C=O) groups excluding carboxylic acids is 1. The minimum absolute atomic E-state index is 0.109. The van der Waals surface area contributed by atoms with E-state index < -0.39 is 10.8 Å². The van der Waals surface area contributed by atoms with Gasteiger partial charge in [0, 0.05) is 11.8 Å². The molecule has 2 rings (SSSR count). The molecule has 1 N–H and O–H groups in total. The van der Waals surface area contributed by atoms with E-state index in [-0.39, 0.29) is 11.4 Å². The zero-order chi connectivity index (χ0) is 14.0. The number of furan rings is 1. The van der Waals surface area contributed by atoms with Crippen molar-refractivity contribution >= 4 is 49.1 Å². The zero-order valence-electron chi connectivity index (χ0n) is 9.22. The number of nitro benzene ring substituents is 1. The number of nitro groups is 1. The van der Waals surface area contributed by atoms with Gasteiger partial charge in [0.25, 0.3) is 11.6 Å². The highest BCUT2D eigenvalue weighted by Gasteiger charge is 2.15. The number of halogens is 2. The smallest absolute Gasteiger partial charge is 0.291 e. The summed E-state index contributed by atoms with van der Waals surface area (Å²) in [5, 5.41) is 13.3. The third-order valence-electron chi connectivity index (χ3n) is 2.20. The maximum Gasteiger partial charge on any atom is 0.291 e. The summed E-state index contributed by atoms with van der Waals surface area (Å²) in [6.07, 6.45) is 0. The Morgan fingerprint density at radius 3 is 2.58 bits per heavy atom. The second kappa shape index (κ2) is 5.54. The number of nitrogens with one attached hydrogen (secondary N) is 1. The standard InChI is InChI=1S/C11H6Br2N2O4/c12-7-2-1-6(5-8(7)15(17)18)14-11(16)9-3-4-10(13)19-9/h1-5H,(H,14,16). The van der Waals surface area contributed by atoms with Crippen molar-refractivity contribution in [3.63, 3.8) is 0 Å². The van der Waals surface area contributed by atoms with Crippen LogP contribution in [0.15, 0.2) is 43.9 Å². The Balaban J connectivity index is 2.22. The first-order chi connectivity index (χ1) is 8.97. The van der Waals surface area contributed by atoms with E-state index in [9.17, 15) is 14.9 Å². The molecule has 0 unspecified atom stereocenters. The molecular weight excluding hydrogens is 384 g/mol. The molecule has 0 atom stereocenters. The van der Waals surface area contributed by atoms with E-state index in [0.29, 0.717) is 14.8 Å². The van der Waals surface area contributed by atoms with Gasteiger partial charge < -0.3 is 9.73 Å². The molecule has 19 heavy (non-hydrogen) atoms. The van der Waals surface area contributed by atoms with Crippen molar-refractivity contribution in [2.75, 3.05) is 5.32 Å². The van der Waals surface area contributed by atoms with Crippen molar-refractivity contribution in [3.05, 3.63) is 55.3 Å². The molecule has 0 spiro atoms. The third kappa shape index (κ3) is 3.21. The first-order valence-electron chi connectivity index (χ1n) is 4.98. The molecule has 6 nitrogen and oxygen atoms in total. The van der Waals surface area contributed by atoms with Crippen LogP contribution in [0.4, 0.5) is 11.4 Å². The minimum atomic E-state index is -0.538. The maximum absolute atomic E-state index is 11.8. The van der Waals surface area contributed by atoms with Crippen LogP contribution in [-0.4, -0.2) is 10.8 Å². The van der Waals surface area contributed by atoms with Crippen LogP contribution in [0, 0.1) is 10.1 Å². The van der Waals surface area contributed by atoms with Gasteiger partial charge in [0.1, 0.15) is 0 Å². The zero-order valence-corrected chi connectivity index (χ0v) is 12.4. The normalized spacial score (nSPS) is 10.2. The highest BCUT2D eigenvalue weighted by atomic mass is 79.9. The average Bonchev–Trinajstić information content (AvgIpc) is 2.78. The van der Waals surface area contributed by atoms with Crippen LogP contribution in [0.25, 0.3) is 0 Å². The van der Waals surface area contributed by atoms with Gasteiger partial charge in [-0.3, -0.25) is 14.9 Å². The Labute approximate surface area is 124 Å².